The zero-order valence-corrected chi connectivity index (χ0v) is 14.4. The van der Waals surface area contributed by atoms with Crippen molar-refractivity contribution < 1.29 is 14.6 Å². The number of nitrogens with zero attached hydrogens (tertiary/aromatic N) is 2. The second kappa shape index (κ2) is 5.85. The van der Waals surface area contributed by atoms with Crippen molar-refractivity contribution >= 4 is 17.5 Å². The van der Waals surface area contributed by atoms with Gasteiger partial charge in [0.25, 0.3) is 5.91 Å². The summed E-state index contributed by atoms with van der Waals surface area (Å²) in [5.41, 5.74) is -0.189. The first-order valence-electron chi connectivity index (χ1n) is 8.66. The minimum atomic E-state index is -0.502. The number of hydrogen-bond acceptors (Lipinski definition) is 5. The highest BCUT2D eigenvalue weighted by atomic mass is 35.5. The lowest BCUT2D eigenvalue weighted by molar-refractivity contribution is -0.136. The van der Waals surface area contributed by atoms with Crippen molar-refractivity contribution in [3.63, 3.8) is 0 Å². The zero-order chi connectivity index (χ0) is 16.9. The number of carbonyl (C=O) groups excluding carboxylic acids is 1. The molecule has 4 aliphatic rings. The molecule has 4 fully saturated rings. The molecule has 4 saturated carbocycles. The third-order valence-electron chi connectivity index (χ3n) is 5.79. The normalized spacial score (nSPS) is 36.6. The quantitative estimate of drug-likeness (QED) is 0.812. The molecule has 4 bridgehead atoms. The van der Waals surface area contributed by atoms with Gasteiger partial charge in [-0.2, -0.15) is 4.98 Å². The molecule has 1 amide bonds. The maximum atomic E-state index is 12.7. The Labute approximate surface area is 146 Å². The van der Waals surface area contributed by atoms with Crippen molar-refractivity contribution in [2.24, 2.45) is 17.8 Å². The molecule has 5 rings (SSSR count). The SMILES string of the molecule is CCOc1nc(Cl)ncc1C(=O)NC1C2CC3CC1CC(O)(C3)C2. The van der Waals surface area contributed by atoms with Crippen LogP contribution in [0.5, 0.6) is 5.88 Å². The molecule has 130 valence electrons. The number of carbonyl (C=O) groups is 1. The fourth-order valence-electron chi connectivity index (χ4n) is 5.19. The number of aromatic nitrogens is 2. The molecule has 1 aromatic rings. The van der Waals surface area contributed by atoms with Crippen molar-refractivity contribution in [3.8, 4) is 5.88 Å². The van der Waals surface area contributed by atoms with Crippen LogP contribution >= 0.6 is 11.6 Å². The van der Waals surface area contributed by atoms with Gasteiger partial charge in [0.05, 0.1) is 12.2 Å². The second-order valence-electron chi connectivity index (χ2n) is 7.48. The van der Waals surface area contributed by atoms with Crippen molar-refractivity contribution in [3.05, 3.63) is 17.0 Å². The molecule has 0 aromatic carbocycles. The van der Waals surface area contributed by atoms with E-state index < -0.39 is 5.60 Å². The number of nitrogens with one attached hydrogen (secondary N) is 1. The molecular formula is C17H22ClN3O3. The van der Waals surface area contributed by atoms with Gasteiger partial charge < -0.3 is 15.2 Å². The highest BCUT2D eigenvalue weighted by molar-refractivity contribution is 6.28. The Kier molecular flexibility index (Phi) is 3.92. The molecule has 7 heteroatoms. The fourth-order valence-corrected chi connectivity index (χ4v) is 5.32. The molecule has 0 spiro atoms. The van der Waals surface area contributed by atoms with E-state index >= 15 is 0 Å². The number of halogens is 1. The zero-order valence-electron chi connectivity index (χ0n) is 13.7. The van der Waals surface area contributed by atoms with Gasteiger partial charge in [-0.15, -0.1) is 0 Å². The highest BCUT2D eigenvalue weighted by Crippen LogP contribution is 2.55. The summed E-state index contributed by atoms with van der Waals surface area (Å²) >= 11 is 5.80. The lowest BCUT2D eigenvalue weighted by Crippen LogP contribution is -2.61. The molecule has 2 unspecified atom stereocenters. The summed E-state index contributed by atoms with van der Waals surface area (Å²) in [6.07, 6.45) is 6.12. The van der Waals surface area contributed by atoms with Crippen LogP contribution in [0.3, 0.4) is 0 Å². The summed E-state index contributed by atoms with van der Waals surface area (Å²) in [4.78, 5) is 20.7. The standard InChI is InChI=1S/C17H22ClN3O3/c1-2-24-15-12(8-19-16(18)21-15)14(22)20-13-10-3-9-4-11(13)7-17(23,5-9)6-10/h8-11,13,23H,2-7H2,1H3,(H,20,22). The van der Waals surface area contributed by atoms with Crippen LogP contribution in [0.15, 0.2) is 6.20 Å². The molecule has 0 saturated heterocycles. The summed E-state index contributed by atoms with van der Waals surface area (Å²) < 4.78 is 5.43. The van der Waals surface area contributed by atoms with Gasteiger partial charge in [0.1, 0.15) is 5.56 Å². The monoisotopic (exact) mass is 351 g/mol. The number of aliphatic hydroxyl groups is 1. The summed E-state index contributed by atoms with van der Waals surface area (Å²) in [6, 6.07) is 0.111. The van der Waals surface area contributed by atoms with E-state index in [0.29, 0.717) is 29.9 Å². The van der Waals surface area contributed by atoms with E-state index in [1.807, 2.05) is 6.92 Å². The van der Waals surface area contributed by atoms with E-state index in [4.69, 9.17) is 16.3 Å². The first-order chi connectivity index (χ1) is 11.5. The average Bonchev–Trinajstić information content (AvgIpc) is 2.49. The molecular weight excluding hydrogens is 330 g/mol. The van der Waals surface area contributed by atoms with Crippen LogP contribution in [0.1, 0.15) is 49.4 Å². The van der Waals surface area contributed by atoms with E-state index in [9.17, 15) is 9.90 Å². The van der Waals surface area contributed by atoms with Crippen molar-refractivity contribution in [2.75, 3.05) is 6.61 Å². The number of hydrogen-bond donors (Lipinski definition) is 2. The smallest absolute Gasteiger partial charge is 0.258 e. The summed E-state index contributed by atoms with van der Waals surface area (Å²) in [5.74, 6) is 1.32. The Morgan fingerprint density at radius 2 is 2.12 bits per heavy atom. The van der Waals surface area contributed by atoms with Crippen molar-refractivity contribution in [1.82, 2.24) is 15.3 Å². The van der Waals surface area contributed by atoms with Gasteiger partial charge in [-0.3, -0.25) is 4.79 Å². The third kappa shape index (κ3) is 2.75. The number of ether oxygens (including phenoxy) is 1. The molecule has 1 aromatic heterocycles. The summed E-state index contributed by atoms with van der Waals surface area (Å²) in [6.45, 7) is 2.23. The Hall–Kier alpha value is -1.40. The van der Waals surface area contributed by atoms with E-state index in [1.54, 1.807) is 0 Å². The maximum absolute atomic E-state index is 12.7. The van der Waals surface area contributed by atoms with Crippen LogP contribution in [0.25, 0.3) is 0 Å². The Morgan fingerprint density at radius 3 is 2.75 bits per heavy atom. The van der Waals surface area contributed by atoms with Crippen LogP contribution < -0.4 is 10.1 Å². The first-order valence-corrected chi connectivity index (χ1v) is 9.04. The minimum Gasteiger partial charge on any atom is -0.477 e. The molecule has 2 atom stereocenters. The lowest BCUT2D eigenvalue weighted by atomic mass is 9.52. The van der Waals surface area contributed by atoms with Crippen LogP contribution in [0.2, 0.25) is 5.28 Å². The van der Waals surface area contributed by atoms with Gasteiger partial charge in [-0.05, 0) is 68.4 Å². The third-order valence-corrected chi connectivity index (χ3v) is 5.97. The topological polar surface area (TPSA) is 84.3 Å². The van der Waals surface area contributed by atoms with Gasteiger partial charge in [0.15, 0.2) is 0 Å². The Balaban J connectivity index is 1.53. The van der Waals surface area contributed by atoms with Crippen LogP contribution in [0.4, 0.5) is 0 Å². The highest BCUT2D eigenvalue weighted by Gasteiger charge is 2.55. The number of amides is 1. The molecule has 1 heterocycles. The molecule has 24 heavy (non-hydrogen) atoms. The van der Waals surface area contributed by atoms with Crippen molar-refractivity contribution in [2.45, 2.75) is 50.7 Å². The van der Waals surface area contributed by atoms with Gasteiger partial charge in [-0.1, -0.05) is 0 Å². The van der Waals surface area contributed by atoms with E-state index in [2.05, 4.69) is 15.3 Å². The minimum absolute atomic E-state index is 0.0619. The van der Waals surface area contributed by atoms with Gasteiger partial charge >= 0.3 is 0 Å². The average molecular weight is 352 g/mol. The van der Waals surface area contributed by atoms with Gasteiger partial charge in [0, 0.05) is 12.2 Å². The van der Waals surface area contributed by atoms with E-state index in [1.165, 1.54) is 6.20 Å². The fraction of sp³-hybridized carbons (Fsp3) is 0.706. The maximum Gasteiger partial charge on any atom is 0.258 e. The summed E-state index contributed by atoms with van der Waals surface area (Å²) in [7, 11) is 0. The van der Waals surface area contributed by atoms with E-state index in [0.717, 1.165) is 32.1 Å². The molecule has 0 radical (unpaired) electrons. The van der Waals surface area contributed by atoms with Crippen LogP contribution in [0, 0.1) is 17.8 Å². The van der Waals surface area contributed by atoms with Crippen molar-refractivity contribution in [1.29, 1.82) is 0 Å². The van der Waals surface area contributed by atoms with Crippen LogP contribution in [-0.4, -0.2) is 39.2 Å². The second-order valence-corrected chi connectivity index (χ2v) is 7.82. The Bertz CT molecular complexity index is 652. The van der Waals surface area contributed by atoms with Crippen LogP contribution in [-0.2, 0) is 0 Å². The lowest BCUT2D eigenvalue weighted by Gasteiger charge is -2.58. The largest absolute Gasteiger partial charge is 0.477 e. The predicted octanol–water partition coefficient (Wildman–Crippen LogP) is 2.20. The van der Waals surface area contributed by atoms with Gasteiger partial charge in [0.2, 0.25) is 11.2 Å². The number of rotatable bonds is 4. The Morgan fingerprint density at radius 1 is 1.42 bits per heavy atom. The molecule has 2 N–H and O–H groups in total. The summed E-state index contributed by atoms with van der Waals surface area (Å²) in [5, 5.41) is 13.9. The van der Waals surface area contributed by atoms with E-state index in [-0.39, 0.29) is 23.1 Å². The first kappa shape index (κ1) is 16.1. The molecule has 4 aliphatic carbocycles. The molecule has 0 aliphatic heterocycles. The predicted molar refractivity (Wildman–Crippen MR) is 88.0 cm³/mol. The van der Waals surface area contributed by atoms with Gasteiger partial charge in [-0.25, -0.2) is 4.98 Å². The molecule has 6 nitrogen and oxygen atoms in total.